The molecule has 7 nitrogen and oxygen atoms in total. The Bertz CT molecular complexity index is 1150. The zero-order valence-corrected chi connectivity index (χ0v) is 17.0. The van der Waals surface area contributed by atoms with Gasteiger partial charge in [-0.25, -0.2) is 9.78 Å². The van der Waals surface area contributed by atoms with E-state index < -0.39 is 5.97 Å². The fourth-order valence-corrected chi connectivity index (χ4v) is 4.41. The summed E-state index contributed by atoms with van der Waals surface area (Å²) in [7, 11) is 0. The number of nitriles is 1. The number of benzene rings is 1. The first-order valence-corrected chi connectivity index (χ1v) is 10.5. The summed E-state index contributed by atoms with van der Waals surface area (Å²) in [4.78, 5) is 29.7. The molecule has 0 unspecified atom stereocenters. The number of nitrogens with zero attached hydrogens (tertiary/aromatic N) is 2. The van der Waals surface area contributed by atoms with Crippen LogP contribution in [0.3, 0.4) is 0 Å². The topological polar surface area (TPSA) is 115 Å². The Morgan fingerprint density at radius 1 is 1.24 bits per heavy atom. The molecule has 2 aromatic heterocycles. The molecule has 9 heteroatoms. The number of amides is 1. The number of aromatic carboxylic acids is 1. The van der Waals surface area contributed by atoms with Gasteiger partial charge in [-0.1, -0.05) is 17.4 Å². The van der Waals surface area contributed by atoms with Crippen molar-refractivity contribution in [3.8, 4) is 16.6 Å². The standard InChI is InChI=1S/C20H16N4O3S2/c1-10-2-3-11(18(25)22-12-4-5-12)8-14(10)23-20-24-16(17(29-20)19(26)27)15-7-6-13(9-21)28-15/h2-3,6-8,12H,4-5H2,1H3,(H,22,25)(H,23,24)(H,26,27). The van der Waals surface area contributed by atoms with Crippen LogP contribution in [0.15, 0.2) is 30.3 Å². The molecule has 146 valence electrons. The van der Waals surface area contributed by atoms with Crippen molar-refractivity contribution in [2.45, 2.75) is 25.8 Å². The van der Waals surface area contributed by atoms with Crippen LogP contribution in [0, 0.1) is 18.3 Å². The third kappa shape index (κ3) is 4.13. The number of hydrogen-bond acceptors (Lipinski definition) is 7. The summed E-state index contributed by atoms with van der Waals surface area (Å²) < 4.78 is 0. The highest BCUT2D eigenvalue weighted by atomic mass is 32.1. The third-order valence-electron chi connectivity index (χ3n) is 4.42. The Morgan fingerprint density at radius 3 is 2.69 bits per heavy atom. The van der Waals surface area contributed by atoms with E-state index in [0.717, 1.165) is 29.7 Å². The molecule has 3 aromatic rings. The minimum Gasteiger partial charge on any atom is -0.477 e. The minimum atomic E-state index is -1.08. The van der Waals surface area contributed by atoms with Gasteiger partial charge in [-0.3, -0.25) is 4.79 Å². The van der Waals surface area contributed by atoms with Gasteiger partial charge in [-0.05, 0) is 49.6 Å². The van der Waals surface area contributed by atoms with Crippen LogP contribution in [0.2, 0.25) is 0 Å². The monoisotopic (exact) mass is 424 g/mol. The quantitative estimate of drug-likeness (QED) is 0.541. The molecule has 0 saturated heterocycles. The van der Waals surface area contributed by atoms with Crippen LogP contribution >= 0.6 is 22.7 Å². The summed E-state index contributed by atoms with van der Waals surface area (Å²) >= 11 is 2.22. The highest BCUT2D eigenvalue weighted by Crippen LogP contribution is 2.36. The number of aryl methyl sites for hydroxylation is 1. The lowest BCUT2D eigenvalue weighted by atomic mass is 10.1. The van der Waals surface area contributed by atoms with Gasteiger partial charge >= 0.3 is 5.97 Å². The zero-order chi connectivity index (χ0) is 20.5. The van der Waals surface area contributed by atoms with Gasteiger partial charge in [0, 0.05) is 17.3 Å². The molecule has 1 amide bonds. The molecule has 0 radical (unpaired) electrons. The van der Waals surface area contributed by atoms with Crippen molar-refractivity contribution in [2.24, 2.45) is 0 Å². The maximum Gasteiger partial charge on any atom is 0.348 e. The van der Waals surface area contributed by atoms with Crippen molar-refractivity contribution in [3.63, 3.8) is 0 Å². The first-order valence-electron chi connectivity index (χ1n) is 8.87. The average Bonchev–Trinajstić information content (AvgIpc) is 3.21. The van der Waals surface area contributed by atoms with Crippen LogP contribution < -0.4 is 10.6 Å². The number of thiazole rings is 1. The molecule has 1 aromatic carbocycles. The van der Waals surface area contributed by atoms with Crippen molar-refractivity contribution in [1.82, 2.24) is 10.3 Å². The number of rotatable bonds is 6. The van der Waals surface area contributed by atoms with E-state index in [-0.39, 0.29) is 16.8 Å². The number of carbonyl (C=O) groups excluding carboxylic acids is 1. The SMILES string of the molecule is Cc1ccc(C(=O)NC2CC2)cc1Nc1nc(-c2ccc(C#N)s2)c(C(=O)O)s1. The number of carbonyl (C=O) groups is 2. The molecule has 0 spiro atoms. The highest BCUT2D eigenvalue weighted by molar-refractivity contribution is 7.19. The number of anilines is 2. The molecule has 1 aliphatic rings. The number of carboxylic acid groups (broad SMARTS) is 1. The second kappa shape index (κ2) is 7.66. The van der Waals surface area contributed by atoms with Gasteiger partial charge < -0.3 is 15.7 Å². The summed E-state index contributed by atoms with van der Waals surface area (Å²) in [6, 6.07) is 11.0. The van der Waals surface area contributed by atoms with E-state index >= 15 is 0 Å². The fourth-order valence-electron chi connectivity index (χ4n) is 2.72. The van der Waals surface area contributed by atoms with E-state index in [1.54, 1.807) is 24.3 Å². The van der Waals surface area contributed by atoms with Crippen LogP contribution in [0.1, 0.15) is 43.3 Å². The predicted octanol–water partition coefficient (Wildman–Crippen LogP) is 4.39. The Kier molecular flexibility index (Phi) is 5.05. The van der Waals surface area contributed by atoms with Crippen LogP contribution in [0.5, 0.6) is 0 Å². The zero-order valence-electron chi connectivity index (χ0n) is 15.4. The molecule has 3 N–H and O–H groups in total. The van der Waals surface area contributed by atoms with Crippen LogP contribution in [0.25, 0.3) is 10.6 Å². The Labute approximate surface area is 174 Å². The Morgan fingerprint density at radius 2 is 2.03 bits per heavy atom. The van der Waals surface area contributed by atoms with E-state index in [1.807, 2.05) is 19.1 Å². The molecule has 0 aliphatic heterocycles. The van der Waals surface area contributed by atoms with Crippen molar-refractivity contribution in [2.75, 3.05) is 5.32 Å². The smallest absolute Gasteiger partial charge is 0.348 e. The van der Waals surface area contributed by atoms with Crippen LogP contribution in [-0.4, -0.2) is 28.0 Å². The van der Waals surface area contributed by atoms with E-state index in [4.69, 9.17) is 5.26 Å². The molecular weight excluding hydrogens is 408 g/mol. The molecule has 1 fully saturated rings. The molecular formula is C20H16N4O3S2. The van der Waals surface area contributed by atoms with Gasteiger partial charge in [0.25, 0.3) is 5.91 Å². The lowest BCUT2D eigenvalue weighted by molar-refractivity contribution is 0.0702. The number of carboxylic acids is 1. The second-order valence-corrected chi connectivity index (χ2v) is 8.76. The lowest BCUT2D eigenvalue weighted by Crippen LogP contribution is -2.25. The molecule has 2 heterocycles. The summed E-state index contributed by atoms with van der Waals surface area (Å²) in [5, 5.41) is 25.1. The molecule has 0 atom stereocenters. The minimum absolute atomic E-state index is 0.0964. The largest absolute Gasteiger partial charge is 0.477 e. The van der Waals surface area contributed by atoms with Crippen LogP contribution in [0.4, 0.5) is 10.8 Å². The van der Waals surface area contributed by atoms with Gasteiger partial charge in [0.2, 0.25) is 0 Å². The summed E-state index contributed by atoms with van der Waals surface area (Å²) in [5.74, 6) is -1.20. The predicted molar refractivity (Wildman–Crippen MR) is 112 cm³/mol. The first-order chi connectivity index (χ1) is 13.9. The maximum atomic E-state index is 12.3. The second-order valence-electron chi connectivity index (χ2n) is 6.68. The maximum absolute atomic E-state index is 12.3. The average molecular weight is 425 g/mol. The fraction of sp³-hybridized carbons (Fsp3) is 0.200. The van der Waals surface area contributed by atoms with Crippen LogP contribution in [-0.2, 0) is 0 Å². The van der Waals surface area contributed by atoms with E-state index in [9.17, 15) is 14.7 Å². The van der Waals surface area contributed by atoms with Gasteiger partial charge in [-0.2, -0.15) is 5.26 Å². The van der Waals surface area contributed by atoms with Gasteiger partial charge in [0.05, 0.1) is 4.88 Å². The van der Waals surface area contributed by atoms with E-state index in [1.165, 1.54) is 11.3 Å². The number of hydrogen-bond donors (Lipinski definition) is 3. The van der Waals surface area contributed by atoms with Gasteiger partial charge in [-0.15, -0.1) is 11.3 Å². The summed E-state index contributed by atoms with van der Waals surface area (Å²) in [6.45, 7) is 1.90. The number of aromatic nitrogens is 1. The Balaban J connectivity index is 1.64. The molecule has 0 bridgehead atoms. The molecule has 29 heavy (non-hydrogen) atoms. The van der Waals surface area contributed by atoms with E-state index in [2.05, 4.69) is 15.6 Å². The summed E-state index contributed by atoms with van der Waals surface area (Å²) in [5.41, 5.74) is 2.47. The van der Waals surface area contributed by atoms with Gasteiger partial charge in [0.15, 0.2) is 5.13 Å². The highest BCUT2D eigenvalue weighted by Gasteiger charge is 2.24. The number of nitrogens with one attached hydrogen (secondary N) is 2. The van der Waals surface area contributed by atoms with Crippen molar-refractivity contribution in [3.05, 3.63) is 51.2 Å². The molecule has 4 rings (SSSR count). The Hall–Kier alpha value is -3.22. The lowest BCUT2D eigenvalue weighted by Gasteiger charge is -2.10. The number of thiophene rings is 1. The van der Waals surface area contributed by atoms with Crippen molar-refractivity contribution < 1.29 is 14.7 Å². The first kappa shape index (κ1) is 19.1. The molecule has 1 saturated carbocycles. The normalized spacial score (nSPS) is 13.0. The van der Waals surface area contributed by atoms with Crippen molar-refractivity contribution >= 4 is 45.4 Å². The van der Waals surface area contributed by atoms with Gasteiger partial charge in [0.1, 0.15) is 21.5 Å². The van der Waals surface area contributed by atoms with E-state index in [0.29, 0.717) is 31.8 Å². The summed E-state index contributed by atoms with van der Waals surface area (Å²) in [6.07, 6.45) is 2.03. The van der Waals surface area contributed by atoms with Crippen molar-refractivity contribution in [1.29, 1.82) is 5.26 Å². The third-order valence-corrected chi connectivity index (χ3v) is 6.38. The molecule has 1 aliphatic carbocycles.